The van der Waals surface area contributed by atoms with Gasteiger partial charge in [-0.05, 0) is 43.3 Å². The summed E-state index contributed by atoms with van der Waals surface area (Å²) >= 11 is 0. The van der Waals surface area contributed by atoms with Crippen LogP contribution in [-0.4, -0.2) is 32.1 Å². The number of carbonyl (C=O) groups excluding carboxylic acids is 1. The summed E-state index contributed by atoms with van der Waals surface area (Å²) in [5.41, 5.74) is 2.01. The van der Waals surface area contributed by atoms with E-state index >= 15 is 0 Å². The van der Waals surface area contributed by atoms with E-state index in [1.54, 1.807) is 42.9 Å². The Labute approximate surface area is 171 Å². The van der Waals surface area contributed by atoms with Gasteiger partial charge in [-0.2, -0.15) is 0 Å². The minimum Gasteiger partial charge on any atom is -0.484 e. The van der Waals surface area contributed by atoms with Crippen LogP contribution in [0.25, 0.3) is 17.1 Å². The van der Waals surface area contributed by atoms with Gasteiger partial charge in [0.05, 0.1) is 11.4 Å². The summed E-state index contributed by atoms with van der Waals surface area (Å²) in [5.74, 6) is 0.468. The third-order valence-electron chi connectivity index (χ3n) is 4.65. The lowest BCUT2D eigenvalue weighted by Gasteiger charge is -2.07. The van der Waals surface area contributed by atoms with E-state index in [1.807, 2.05) is 30.3 Å². The monoisotopic (exact) mass is 405 g/mol. The molecule has 0 saturated heterocycles. The topological polar surface area (TPSA) is 104 Å². The maximum atomic E-state index is 12.8. The van der Waals surface area contributed by atoms with Crippen molar-refractivity contribution in [2.75, 3.05) is 11.9 Å². The van der Waals surface area contributed by atoms with E-state index in [2.05, 4.69) is 15.5 Å². The molecule has 2 aromatic heterocycles. The molecule has 1 N–H and O–H groups in total. The Bertz CT molecular complexity index is 1210. The van der Waals surface area contributed by atoms with E-state index in [9.17, 15) is 9.59 Å². The van der Waals surface area contributed by atoms with Crippen molar-refractivity contribution in [1.29, 1.82) is 0 Å². The van der Waals surface area contributed by atoms with Crippen molar-refractivity contribution in [3.63, 3.8) is 0 Å². The molecule has 0 atom stereocenters. The van der Waals surface area contributed by atoms with Gasteiger partial charge in [-0.1, -0.05) is 18.2 Å². The SMILES string of the molecule is Cc1c(NC(=O)COc2ccc(-c3nnco3)cc2)c(=O)n(-c2ccccc2)n1C. The highest BCUT2D eigenvalue weighted by Gasteiger charge is 2.18. The molecule has 9 nitrogen and oxygen atoms in total. The number of hydrogen-bond acceptors (Lipinski definition) is 6. The van der Waals surface area contributed by atoms with Crippen LogP contribution >= 0.6 is 0 Å². The lowest BCUT2D eigenvalue weighted by atomic mass is 10.2. The van der Waals surface area contributed by atoms with Crippen LogP contribution in [0, 0.1) is 6.92 Å². The molecule has 30 heavy (non-hydrogen) atoms. The summed E-state index contributed by atoms with van der Waals surface area (Å²) in [6.07, 6.45) is 1.25. The Kier molecular flexibility index (Phi) is 5.17. The standard InChI is InChI=1S/C21H19N5O4/c1-14-19(21(28)26(25(14)2)16-6-4-3-5-7-16)23-18(27)12-29-17-10-8-15(9-11-17)20-24-22-13-30-20/h3-11,13H,12H2,1-2H3,(H,23,27). The quantitative estimate of drug-likeness (QED) is 0.529. The summed E-state index contributed by atoms with van der Waals surface area (Å²) in [7, 11) is 1.76. The molecular weight excluding hydrogens is 386 g/mol. The third-order valence-corrected chi connectivity index (χ3v) is 4.65. The molecule has 152 valence electrons. The summed E-state index contributed by atoms with van der Waals surface area (Å²) < 4.78 is 13.8. The van der Waals surface area contributed by atoms with Gasteiger partial charge in [0.2, 0.25) is 12.3 Å². The van der Waals surface area contributed by atoms with Crippen LogP contribution in [0.4, 0.5) is 5.69 Å². The second kappa shape index (κ2) is 8.08. The first-order chi connectivity index (χ1) is 14.5. The molecule has 2 heterocycles. The molecule has 0 spiro atoms. The van der Waals surface area contributed by atoms with Crippen LogP contribution in [0.2, 0.25) is 0 Å². The van der Waals surface area contributed by atoms with Crippen LogP contribution in [0.3, 0.4) is 0 Å². The van der Waals surface area contributed by atoms with Crippen molar-refractivity contribution in [2.45, 2.75) is 6.92 Å². The molecule has 0 saturated carbocycles. The minimum absolute atomic E-state index is 0.224. The molecule has 0 aliphatic heterocycles. The maximum Gasteiger partial charge on any atom is 0.295 e. The molecule has 4 aromatic rings. The number of hydrogen-bond donors (Lipinski definition) is 1. The fourth-order valence-corrected chi connectivity index (χ4v) is 3.03. The van der Waals surface area contributed by atoms with Crippen LogP contribution in [0.15, 0.2) is 70.2 Å². The van der Waals surface area contributed by atoms with Gasteiger partial charge in [-0.25, -0.2) is 4.68 Å². The average Bonchev–Trinajstić information content (AvgIpc) is 3.37. The van der Waals surface area contributed by atoms with Gasteiger partial charge >= 0.3 is 0 Å². The molecule has 2 aromatic carbocycles. The summed E-state index contributed by atoms with van der Waals surface area (Å²) in [6.45, 7) is 1.53. The van der Waals surface area contributed by atoms with Crippen molar-refractivity contribution < 1.29 is 13.9 Å². The largest absolute Gasteiger partial charge is 0.484 e. The Morgan fingerprint density at radius 1 is 1.13 bits per heavy atom. The molecule has 0 aliphatic carbocycles. The Balaban J connectivity index is 1.44. The van der Waals surface area contributed by atoms with E-state index in [0.29, 0.717) is 23.0 Å². The molecular formula is C21H19N5O4. The van der Waals surface area contributed by atoms with Gasteiger partial charge in [-0.15, -0.1) is 10.2 Å². The van der Waals surface area contributed by atoms with Gasteiger partial charge in [-0.3, -0.25) is 14.3 Å². The summed E-state index contributed by atoms with van der Waals surface area (Å²) in [6, 6.07) is 16.1. The number of amides is 1. The first-order valence-corrected chi connectivity index (χ1v) is 9.18. The molecule has 1 amide bonds. The number of anilines is 1. The maximum absolute atomic E-state index is 12.8. The van der Waals surface area contributed by atoms with Gasteiger partial charge in [0.15, 0.2) is 6.61 Å². The lowest BCUT2D eigenvalue weighted by Crippen LogP contribution is -2.25. The van der Waals surface area contributed by atoms with Gasteiger partial charge in [0.25, 0.3) is 11.5 Å². The molecule has 9 heteroatoms. The Morgan fingerprint density at radius 3 is 2.53 bits per heavy atom. The first kappa shape index (κ1) is 19.2. The first-order valence-electron chi connectivity index (χ1n) is 9.18. The highest BCUT2D eigenvalue weighted by Crippen LogP contribution is 2.20. The van der Waals surface area contributed by atoms with Crippen molar-refractivity contribution in [2.24, 2.45) is 7.05 Å². The van der Waals surface area contributed by atoms with E-state index in [0.717, 1.165) is 5.56 Å². The number of benzene rings is 2. The number of para-hydroxylation sites is 1. The minimum atomic E-state index is -0.429. The van der Waals surface area contributed by atoms with E-state index in [-0.39, 0.29) is 17.9 Å². The fourth-order valence-electron chi connectivity index (χ4n) is 3.03. The fraction of sp³-hybridized carbons (Fsp3) is 0.143. The molecule has 0 aliphatic rings. The molecule has 0 radical (unpaired) electrons. The molecule has 4 rings (SSSR count). The predicted octanol–water partition coefficient (Wildman–Crippen LogP) is 2.55. The number of nitrogens with one attached hydrogen (secondary N) is 1. The van der Waals surface area contributed by atoms with Gasteiger partial charge in [0, 0.05) is 12.6 Å². The second-order valence-corrected chi connectivity index (χ2v) is 6.54. The van der Waals surface area contributed by atoms with Gasteiger partial charge in [0.1, 0.15) is 11.4 Å². The highest BCUT2D eigenvalue weighted by molar-refractivity contribution is 5.92. The number of carbonyl (C=O) groups is 1. The zero-order valence-electron chi connectivity index (χ0n) is 16.4. The Hall–Kier alpha value is -4.14. The summed E-state index contributed by atoms with van der Waals surface area (Å²) in [4.78, 5) is 25.2. The lowest BCUT2D eigenvalue weighted by molar-refractivity contribution is -0.118. The number of rotatable bonds is 6. The highest BCUT2D eigenvalue weighted by atomic mass is 16.5. The predicted molar refractivity (Wildman–Crippen MR) is 110 cm³/mol. The molecule has 0 bridgehead atoms. The number of aromatic nitrogens is 4. The van der Waals surface area contributed by atoms with Crippen LogP contribution < -0.4 is 15.6 Å². The average molecular weight is 405 g/mol. The van der Waals surface area contributed by atoms with Crippen LogP contribution in [-0.2, 0) is 11.8 Å². The third kappa shape index (κ3) is 3.72. The van der Waals surface area contributed by atoms with E-state index < -0.39 is 5.91 Å². The number of ether oxygens (including phenoxy) is 1. The molecule has 0 unspecified atom stereocenters. The van der Waals surface area contributed by atoms with Gasteiger partial charge < -0.3 is 14.5 Å². The number of nitrogens with zero attached hydrogens (tertiary/aromatic N) is 4. The normalized spacial score (nSPS) is 10.7. The zero-order chi connectivity index (χ0) is 21.1. The van der Waals surface area contributed by atoms with E-state index in [1.165, 1.54) is 11.1 Å². The zero-order valence-corrected chi connectivity index (χ0v) is 16.4. The van der Waals surface area contributed by atoms with Crippen molar-refractivity contribution in [3.8, 4) is 22.9 Å². The van der Waals surface area contributed by atoms with Crippen LogP contribution in [0.1, 0.15) is 5.69 Å². The Morgan fingerprint density at radius 2 is 1.87 bits per heavy atom. The van der Waals surface area contributed by atoms with Crippen molar-refractivity contribution >= 4 is 11.6 Å². The van der Waals surface area contributed by atoms with Crippen LogP contribution in [0.5, 0.6) is 5.75 Å². The van der Waals surface area contributed by atoms with Crippen molar-refractivity contribution in [1.82, 2.24) is 19.6 Å². The second-order valence-electron chi connectivity index (χ2n) is 6.54. The smallest absolute Gasteiger partial charge is 0.295 e. The summed E-state index contributed by atoms with van der Waals surface area (Å²) in [5, 5.41) is 10.1. The van der Waals surface area contributed by atoms with E-state index in [4.69, 9.17) is 9.15 Å². The molecule has 0 fully saturated rings. The van der Waals surface area contributed by atoms with Crippen molar-refractivity contribution in [3.05, 3.63) is 77.0 Å².